The van der Waals surface area contributed by atoms with Crippen molar-refractivity contribution in [3.8, 4) is 0 Å². The normalized spacial score (nSPS) is 15.2. The molecule has 0 bridgehead atoms. The van der Waals surface area contributed by atoms with Gasteiger partial charge in [-0.15, -0.1) is 0 Å². The number of nitrogens with two attached hydrogens (primary N) is 1. The van der Waals surface area contributed by atoms with Crippen molar-refractivity contribution in [1.82, 2.24) is 0 Å². The SMILES string of the molecule is CNc1ccc2c(c1N)CCCC2. The van der Waals surface area contributed by atoms with Gasteiger partial charge >= 0.3 is 0 Å². The Bertz CT molecular complexity index is 318. The summed E-state index contributed by atoms with van der Waals surface area (Å²) in [5.41, 5.74) is 10.9. The molecule has 0 saturated heterocycles. The number of nitrogen functional groups attached to an aromatic ring is 1. The van der Waals surface area contributed by atoms with Crippen LogP contribution in [0.2, 0.25) is 0 Å². The zero-order valence-electron chi connectivity index (χ0n) is 8.06. The van der Waals surface area contributed by atoms with Crippen molar-refractivity contribution in [2.24, 2.45) is 0 Å². The molecule has 0 atom stereocenters. The molecule has 1 aromatic carbocycles. The fourth-order valence-electron chi connectivity index (χ4n) is 2.07. The van der Waals surface area contributed by atoms with Gasteiger partial charge in [0.1, 0.15) is 0 Å². The lowest BCUT2D eigenvalue weighted by molar-refractivity contribution is 0.687. The van der Waals surface area contributed by atoms with Gasteiger partial charge in [0, 0.05) is 7.05 Å². The third-order valence-corrected chi connectivity index (χ3v) is 2.85. The second-order valence-electron chi connectivity index (χ2n) is 3.62. The fourth-order valence-corrected chi connectivity index (χ4v) is 2.07. The summed E-state index contributed by atoms with van der Waals surface area (Å²) in [7, 11) is 1.92. The van der Waals surface area contributed by atoms with E-state index in [4.69, 9.17) is 5.73 Å². The summed E-state index contributed by atoms with van der Waals surface area (Å²) in [5.74, 6) is 0. The van der Waals surface area contributed by atoms with Crippen LogP contribution in [0, 0.1) is 0 Å². The van der Waals surface area contributed by atoms with Crippen molar-refractivity contribution in [2.45, 2.75) is 25.7 Å². The number of benzene rings is 1. The monoisotopic (exact) mass is 176 g/mol. The van der Waals surface area contributed by atoms with Crippen LogP contribution in [0.5, 0.6) is 0 Å². The van der Waals surface area contributed by atoms with E-state index in [1.807, 2.05) is 7.05 Å². The van der Waals surface area contributed by atoms with E-state index in [0.717, 1.165) is 17.8 Å². The smallest absolute Gasteiger partial charge is 0.0585 e. The average molecular weight is 176 g/mol. The lowest BCUT2D eigenvalue weighted by Gasteiger charge is -2.19. The van der Waals surface area contributed by atoms with Gasteiger partial charge in [-0.3, -0.25) is 0 Å². The number of fused-ring (bicyclic) bond motifs is 1. The molecule has 1 aliphatic carbocycles. The summed E-state index contributed by atoms with van der Waals surface area (Å²) in [5, 5.41) is 3.12. The Hall–Kier alpha value is -1.18. The number of aryl methyl sites for hydroxylation is 1. The lowest BCUT2D eigenvalue weighted by Crippen LogP contribution is -2.08. The minimum Gasteiger partial charge on any atom is -0.397 e. The van der Waals surface area contributed by atoms with Crippen LogP contribution in [0.1, 0.15) is 24.0 Å². The van der Waals surface area contributed by atoms with Crippen molar-refractivity contribution < 1.29 is 0 Å². The largest absolute Gasteiger partial charge is 0.397 e. The summed E-state index contributed by atoms with van der Waals surface area (Å²) >= 11 is 0. The molecule has 0 heterocycles. The van der Waals surface area contributed by atoms with Gasteiger partial charge in [-0.05, 0) is 42.9 Å². The molecular formula is C11H16N2. The molecule has 0 radical (unpaired) electrons. The molecule has 0 aromatic heterocycles. The Morgan fingerprint density at radius 3 is 2.77 bits per heavy atom. The highest BCUT2D eigenvalue weighted by molar-refractivity contribution is 5.71. The molecule has 0 fully saturated rings. The van der Waals surface area contributed by atoms with E-state index in [2.05, 4.69) is 17.4 Å². The topological polar surface area (TPSA) is 38.0 Å². The van der Waals surface area contributed by atoms with Gasteiger partial charge in [0.15, 0.2) is 0 Å². The van der Waals surface area contributed by atoms with E-state index in [1.54, 1.807) is 0 Å². The maximum Gasteiger partial charge on any atom is 0.0585 e. The molecule has 3 N–H and O–H groups in total. The molecule has 0 aliphatic heterocycles. The van der Waals surface area contributed by atoms with Crippen LogP contribution in [0.4, 0.5) is 11.4 Å². The predicted octanol–water partition coefficient (Wildman–Crippen LogP) is 2.19. The first-order valence-electron chi connectivity index (χ1n) is 4.91. The van der Waals surface area contributed by atoms with Crippen LogP contribution in [-0.2, 0) is 12.8 Å². The number of hydrogen-bond acceptors (Lipinski definition) is 2. The highest BCUT2D eigenvalue weighted by atomic mass is 14.8. The summed E-state index contributed by atoms with van der Waals surface area (Å²) in [6.45, 7) is 0. The second kappa shape index (κ2) is 3.29. The van der Waals surface area contributed by atoms with E-state index in [0.29, 0.717) is 0 Å². The van der Waals surface area contributed by atoms with Gasteiger partial charge in [-0.1, -0.05) is 6.07 Å². The number of nitrogens with one attached hydrogen (secondary N) is 1. The molecule has 70 valence electrons. The fraction of sp³-hybridized carbons (Fsp3) is 0.455. The predicted molar refractivity (Wildman–Crippen MR) is 57.0 cm³/mol. The van der Waals surface area contributed by atoms with Crippen molar-refractivity contribution >= 4 is 11.4 Å². The van der Waals surface area contributed by atoms with Crippen LogP contribution in [0.3, 0.4) is 0 Å². The molecule has 2 heteroatoms. The van der Waals surface area contributed by atoms with Gasteiger partial charge in [-0.25, -0.2) is 0 Å². The Balaban J connectivity index is 2.48. The van der Waals surface area contributed by atoms with Crippen LogP contribution in [0.15, 0.2) is 12.1 Å². The maximum absolute atomic E-state index is 6.05. The molecular weight excluding hydrogens is 160 g/mol. The lowest BCUT2D eigenvalue weighted by atomic mass is 9.90. The molecule has 0 amide bonds. The van der Waals surface area contributed by atoms with Gasteiger partial charge in [0.25, 0.3) is 0 Å². The van der Waals surface area contributed by atoms with Gasteiger partial charge in [0.2, 0.25) is 0 Å². The molecule has 2 rings (SSSR count). The van der Waals surface area contributed by atoms with E-state index in [9.17, 15) is 0 Å². The number of hydrogen-bond donors (Lipinski definition) is 2. The standard InChI is InChI=1S/C11H16N2/c1-13-10-7-6-8-4-2-3-5-9(8)11(10)12/h6-7,13H,2-5,12H2,1H3. The first-order chi connectivity index (χ1) is 6.33. The zero-order chi connectivity index (χ0) is 9.26. The van der Waals surface area contributed by atoms with Crippen LogP contribution in [0.25, 0.3) is 0 Å². The van der Waals surface area contributed by atoms with Crippen LogP contribution >= 0.6 is 0 Å². The second-order valence-corrected chi connectivity index (χ2v) is 3.62. The first kappa shape index (κ1) is 8.42. The van der Waals surface area contributed by atoms with E-state index < -0.39 is 0 Å². The van der Waals surface area contributed by atoms with Crippen LogP contribution in [-0.4, -0.2) is 7.05 Å². The third-order valence-electron chi connectivity index (χ3n) is 2.85. The van der Waals surface area contributed by atoms with Gasteiger partial charge in [-0.2, -0.15) is 0 Å². The van der Waals surface area contributed by atoms with Gasteiger partial charge in [0.05, 0.1) is 11.4 Å². The zero-order valence-corrected chi connectivity index (χ0v) is 8.06. The van der Waals surface area contributed by atoms with Crippen molar-refractivity contribution in [1.29, 1.82) is 0 Å². The summed E-state index contributed by atoms with van der Waals surface area (Å²) in [6.07, 6.45) is 4.94. The summed E-state index contributed by atoms with van der Waals surface area (Å²) < 4.78 is 0. The molecule has 13 heavy (non-hydrogen) atoms. The molecule has 2 nitrogen and oxygen atoms in total. The Morgan fingerprint density at radius 1 is 1.23 bits per heavy atom. The number of rotatable bonds is 1. The molecule has 0 spiro atoms. The van der Waals surface area contributed by atoms with E-state index in [-0.39, 0.29) is 0 Å². The third kappa shape index (κ3) is 1.37. The van der Waals surface area contributed by atoms with Crippen molar-refractivity contribution in [3.63, 3.8) is 0 Å². The highest BCUT2D eigenvalue weighted by Gasteiger charge is 2.13. The minimum atomic E-state index is 0.958. The molecule has 0 unspecified atom stereocenters. The summed E-state index contributed by atoms with van der Waals surface area (Å²) in [6, 6.07) is 4.29. The van der Waals surface area contributed by atoms with Crippen LogP contribution < -0.4 is 11.1 Å². The van der Waals surface area contributed by atoms with E-state index >= 15 is 0 Å². The Labute approximate surface area is 79.1 Å². The number of anilines is 2. The van der Waals surface area contributed by atoms with E-state index in [1.165, 1.54) is 30.4 Å². The highest BCUT2D eigenvalue weighted by Crippen LogP contribution is 2.31. The first-order valence-corrected chi connectivity index (χ1v) is 4.91. The Morgan fingerprint density at radius 2 is 2.00 bits per heavy atom. The minimum absolute atomic E-state index is 0.958. The average Bonchev–Trinajstić information content (AvgIpc) is 2.19. The van der Waals surface area contributed by atoms with Crippen molar-refractivity contribution in [2.75, 3.05) is 18.1 Å². The maximum atomic E-state index is 6.05. The Kier molecular flexibility index (Phi) is 2.13. The van der Waals surface area contributed by atoms with Gasteiger partial charge < -0.3 is 11.1 Å². The molecule has 1 aliphatic rings. The molecule has 1 aromatic rings. The van der Waals surface area contributed by atoms with Crippen molar-refractivity contribution in [3.05, 3.63) is 23.3 Å². The molecule has 0 saturated carbocycles. The summed E-state index contributed by atoms with van der Waals surface area (Å²) in [4.78, 5) is 0. The quantitative estimate of drug-likeness (QED) is 0.644.